The summed E-state index contributed by atoms with van der Waals surface area (Å²) in [7, 11) is 0. The van der Waals surface area contributed by atoms with Crippen LogP contribution in [0.4, 0.5) is 0 Å². The molecule has 5 nitrogen and oxygen atoms in total. The molecule has 1 aromatic rings. The third-order valence-corrected chi connectivity index (χ3v) is 2.68. The standard InChI is InChI=1S/C13H12O5/c1-2-17-13(16)11(14)9-7-8-5-3-4-6-10(8)18-12(9)15/h3-6,9H,2,7H2,1H3. The predicted molar refractivity (Wildman–Crippen MR) is 60.9 cm³/mol. The van der Waals surface area contributed by atoms with Crippen LogP contribution in [0, 0.1) is 5.92 Å². The maximum atomic E-state index is 11.7. The number of carbonyl (C=O) groups excluding carboxylic acids is 3. The van der Waals surface area contributed by atoms with Crippen LogP contribution >= 0.6 is 0 Å². The number of hydrogen-bond donors (Lipinski definition) is 0. The molecule has 0 saturated carbocycles. The van der Waals surface area contributed by atoms with E-state index in [9.17, 15) is 14.4 Å². The van der Waals surface area contributed by atoms with Crippen LogP contribution in [0.1, 0.15) is 12.5 Å². The highest BCUT2D eigenvalue weighted by molar-refractivity contribution is 6.38. The molecule has 1 heterocycles. The van der Waals surface area contributed by atoms with Crippen LogP contribution in [-0.2, 0) is 25.5 Å². The minimum atomic E-state index is -1.10. The summed E-state index contributed by atoms with van der Waals surface area (Å²) in [5.41, 5.74) is 0.736. The summed E-state index contributed by atoms with van der Waals surface area (Å²) in [5.74, 6) is -3.20. The lowest BCUT2D eigenvalue weighted by Crippen LogP contribution is -2.38. The fourth-order valence-electron chi connectivity index (χ4n) is 1.80. The van der Waals surface area contributed by atoms with Crippen molar-refractivity contribution >= 4 is 17.7 Å². The van der Waals surface area contributed by atoms with Gasteiger partial charge in [-0.1, -0.05) is 18.2 Å². The van der Waals surface area contributed by atoms with Gasteiger partial charge in [0.15, 0.2) is 0 Å². The molecule has 1 aromatic carbocycles. The molecule has 1 unspecified atom stereocenters. The SMILES string of the molecule is CCOC(=O)C(=O)C1Cc2ccccc2OC1=O. The predicted octanol–water partition coefficient (Wildman–Crippen LogP) is 0.896. The van der Waals surface area contributed by atoms with Gasteiger partial charge in [0.2, 0.25) is 0 Å². The molecule has 1 aliphatic rings. The van der Waals surface area contributed by atoms with Crippen molar-refractivity contribution in [3.8, 4) is 5.75 Å². The highest BCUT2D eigenvalue weighted by Gasteiger charge is 2.38. The minimum absolute atomic E-state index is 0.100. The van der Waals surface area contributed by atoms with E-state index >= 15 is 0 Å². The summed E-state index contributed by atoms with van der Waals surface area (Å²) >= 11 is 0. The van der Waals surface area contributed by atoms with E-state index in [0.717, 1.165) is 5.56 Å². The Morgan fingerprint density at radius 2 is 2.11 bits per heavy atom. The molecule has 18 heavy (non-hydrogen) atoms. The fraction of sp³-hybridized carbons (Fsp3) is 0.308. The Hall–Kier alpha value is -2.17. The van der Waals surface area contributed by atoms with Crippen molar-refractivity contribution in [1.29, 1.82) is 0 Å². The van der Waals surface area contributed by atoms with E-state index in [1.165, 1.54) is 0 Å². The molecular formula is C13H12O5. The topological polar surface area (TPSA) is 69.7 Å². The largest absolute Gasteiger partial charge is 0.460 e. The number of benzene rings is 1. The van der Waals surface area contributed by atoms with E-state index in [0.29, 0.717) is 5.75 Å². The Morgan fingerprint density at radius 1 is 1.39 bits per heavy atom. The van der Waals surface area contributed by atoms with Gasteiger partial charge in [-0.05, 0) is 25.0 Å². The zero-order valence-electron chi connectivity index (χ0n) is 9.84. The molecule has 5 heteroatoms. The smallest absolute Gasteiger partial charge is 0.375 e. The van der Waals surface area contributed by atoms with Crippen LogP contribution in [0.2, 0.25) is 0 Å². The van der Waals surface area contributed by atoms with Gasteiger partial charge in [-0.3, -0.25) is 9.59 Å². The molecule has 0 saturated heterocycles. The van der Waals surface area contributed by atoms with Crippen LogP contribution in [-0.4, -0.2) is 24.3 Å². The van der Waals surface area contributed by atoms with Crippen LogP contribution in [0.3, 0.4) is 0 Å². The van der Waals surface area contributed by atoms with E-state index in [4.69, 9.17) is 4.74 Å². The molecule has 0 fully saturated rings. The summed E-state index contributed by atoms with van der Waals surface area (Å²) in [6, 6.07) is 6.93. The van der Waals surface area contributed by atoms with Crippen LogP contribution < -0.4 is 4.74 Å². The number of Topliss-reactive ketones (excluding diaryl/α,β-unsaturated/α-hetero) is 1. The second-order valence-corrected chi connectivity index (χ2v) is 3.87. The van der Waals surface area contributed by atoms with Gasteiger partial charge in [0.25, 0.3) is 5.78 Å². The van der Waals surface area contributed by atoms with Crippen molar-refractivity contribution in [2.45, 2.75) is 13.3 Å². The van der Waals surface area contributed by atoms with Crippen molar-refractivity contribution in [2.75, 3.05) is 6.61 Å². The summed E-state index contributed by atoms with van der Waals surface area (Å²) in [6.45, 7) is 1.70. The van der Waals surface area contributed by atoms with Gasteiger partial charge in [0.05, 0.1) is 6.61 Å². The molecule has 0 bridgehead atoms. The zero-order chi connectivity index (χ0) is 13.1. The summed E-state index contributed by atoms with van der Waals surface area (Å²) < 4.78 is 9.62. The average Bonchev–Trinajstić information content (AvgIpc) is 2.37. The molecule has 0 aliphatic carbocycles. The second kappa shape index (κ2) is 5.00. The van der Waals surface area contributed by atoms with Crippen molar-refractivity contribution in [2.24, 2.45) is 5.92 Å². The Labute approximate surface area is 104 Å². The summed E-state index contributed by atoms with van der Waals surface area (Å²) in [5, 5.41) is 0. The molecule has 2 rings (SSSR count). The number of hydrogen-bond acceptors (Lipinski definition) is 5. The quantitative estimate of drug-likeness (QED) is 0.344. The van der Waals surface area contributed by atoms with E-state index in [2.05, 4.69) is 4.74 Å². The number of fused-ring (bicyclic) bond motifs is 1. The lowest BCUT2D eigenvalue weighted by Gasteiger charge is -2.21. The Balaban J connectivity index is 2.19. The number of ether oxygens (including phenoxy) is 2. The van der Waals surface area contributed by atoms with Crippen LogP contribution in [0.5, 0.6) is 5.75 Å². The molecule has 0 spiro atoms. The Kier molecular flexibility index (Phi) is 3.41. The van der Waals surface area contributed by atoms with Gasteiger partial charge in [-0.2, -0.15) is 0 Å². The lowest BCUT2D eigenvalue weighted by atomic mass is 9.92. The van der Waals surface area contributed by atoms with E-state index < -0.39 is 23.6 Å². The Morgan fingerprint density at radius 3 is 2.83 bits per heavy atom. The van der Waals surface area contributed by atoms with Gasteiger partial charge >= 0.3 is 11.9 Å². The van der Waals surface area contributed by atoms with Crippen molar-refractivity contribution in [3.05, 3.63) is 29.8 Å². The summed E-state index contributed by atoms with van der Waals surface area (Å²) in [4.78, 5) is 34.7. The zero-order valence-corrected chi connectivity index (χ0v) is 9.84. The van der Waals surface area contributed by atoms with Crippen LogP contribution in [0.15, 0.2) is 24.3 Å². The maximum Gasteiger partial charge on any atom is 0.375 e. The molecule has 1 atom stereocenters. The first-order chi connectivity index (χ1) is 8.63. The average molecular weight is 248 g/mol. The van der Waals surface area contributed by atoms with Crippen molar-refractivity contribution in [1.82, 2.24) is 0 Å². The molecule has 1 aliphatic heterocycles. The van der Waals surface area contributed by atoms with Gasteiger partial charge in [0, 0.05) is 0 Å². The Bertz CT molecular complexity index is 506. The third kappa shape index (κ3) is 2.25. The van der Waals surface area contributed by atoms with Gasteiger partial charge < -0.3 is 9.47 Å². The van der Waals surface area contributed by atoms with Crippen LogP contribution in [0.25, 0.3) is 0 Å². The molecular weight excluding hydrogens is 236 g/mol. The monoisotopic (exact) mass is 248 g/mol. The number of para-hydroxylation sites is 1. The number of rotatable bonds is 3. The number of ketones is 1. The number of carbonyl (C=O) groups is 3. The number of esters is 2. The molecule has 0 aromatic heterocycles. The normalized spacial score (nSPS) is 17.6. The molecule has 0 radical (unpaired) electrons. The second-order valence-electron chi connectivity index (χ2n) is 3.87. The fourth-order valence-corrected chi connectivity index (χ4v) is 1.80. The first kappa shape index (κ1) is 12.3. The van der Waals surface area contributed by atoms with Gasteiger partial charge in [0.1, 0.15) is 11.7 Å². The molecule has 0 N–H and O–H groups in total. The van der Waals surface area contributed by atoms with E-state index in [-0.39, 0.29) is 13.0 Å². The lowest BCUT2D eigenvalue weighted by molar-refractivity contribution is -0.159. The molecule has 0 amide bonds. The van der Waals surface area contributed by atoms with E-state index in [1.54, 1.807) is 31.2 Å². The van der Waals surface area contributed by atoms with Crippen molar-refractivity contribution < 1.29 is 23.9 Å². The highest BCUT2D eigenvalue weighted by atomic mass is 16.5. The van der Waals surface area contributed by atoms with Gasteiger partial charge in [-0.15, -0.1) is 0 Å². The maximum absolute atomic E-state index is 11.7. The minimum Gasteiger partial charge on any atom is -0.460 e. The van der Waals surface area contributed by atoms with Crippen molar-refractivity contribution in [3.63, 3.8) is 0 Å². The molecule has 94 valence electrons. The highest BCUT2D eigenvalue weighted by Crippen LogP contribution is 2.28. The third-order valence-electron chi connectivity index (χ3n) is 2.68. The van der Waals surface area contributed by atoms with E-state index in [1.807, 2.05) is 0 Å². The summed E-state index contributed by atoms with van der Waals surface area (Å²) in [6.07, 6.45) is 0.173. The first-order valence-electron chi connectivity index (χ1n) is 5.64. The first-order valence-corrected chi connectivity index (χ1v) is 5.64. The van der Waals surface area contributed by atoms with Gasteiger partial charge in [-0.25, -0.2) is 4.79 Å².